The van der Waals surface area contributed by atoms with Crippen LogP contribution in [0.15, 0.2) is 35.1 Å². The fourth-order valence-electron chi connectivity index (χ4n) is 1.79. The minimum absolute atomic E-state index is 0.0132. The summed E-state index contributed by atoms with van der Waals surface area (Å²) >= 11 is 0. The van der Waals surface area contributed by atoms with E-state index in [0.29, 0.717) is 0 Å². The van der Waals surface area contributed by atoms with Gasteiger partial charge in [-0.25, -0.2) is 5.10 Å². The van der Waals surface area contributed by atoms with Crippen molar-refractivity contribution in [3.8, 4) is 11.3 Å². The highest BCUT2D eigenvalue weighted by atomic mass is 19.4. The van der Waals surface area contributed by atoms with Gasteiger partial charge in [-0.1, -0.05) is 6.07 Å². The summed E-state index contributed by atoms with van der Waals surface area (Å²) in [5.41, 5.74) is -0.955. The fourth-order valence-corrected chi connectivity index (χ4v) is 1.79. The maximum absolute atomic E-state index is 13.1. The molecule has 0 radical (unpaired) electrons. The molecule has 0 spiro atoms. The van der Waals surface area contributed by atoms with Gasteiger partial charge in [0.1, 0.15) is 0 Å². The number of H-pyrrole nitrogens is 1. The summed E-state index contributed by atoms with van der Waals surface area (Å²) < 4.78 is 39.2. The van der Waals surface area contributed by atoms with Gasteiger partial charge in [0.15, 0.2) is 0 Å². The van der Waals surface area contributed by atoms with Gasteiger partial charge in [-0.2, -0.15) is 18.3 Å². The van der Waals surface area contributed by atoms with E-state index >= 15 is 0 Å². The molecule has 0 aliphatic carbocycles. The number of alkyl halides is 3. The van der Waals surface area contributed by atoms with Crippen LogP contribution in [0.25, 0.3) is 11.3 Å². The third-order valence-corrected chi connectivity index (χ3v) is 2.73. The molecule has 2 rings (SSSR count). The van der Waals surface area contributed by atoms with E-state index in [4.69, 9.17) is 5.11 Å². The van der Waals surface area contributed by atoms with Crippen LogP contribution >= 0.6 is 0 Å². The van der Waals surface area contributed by atoms with Crippen LogP contribution in [-0.2, 0) is 6.18 Å². The number of hydrogen-bond acceptors (Lipinski definition) is 4. The number of nitrogens with zero attached hydrogens (tertiary/aromatic N) is 1. The summed E-state index contributed by atoms with van der Waals surface area (Å²) in [5, 5.41) is 17.1. The fraction of sp³-hybridized carbons (Fsp3) is 0.231. The summed E-state index contributed by atoms with van der Waals surface area (Å²) in [6.07, 6.45) is -4.55. The van der Waals surface area contributed by atoms with Gasteiger partial charge in [-0.05, 0) is 18.2 Å². The molecule has 112 valence electrons. The maximum Gasteiger partial charge on any atom is 0.418 e. The van der Waals surface area contributed by atoms with Crippen LogP contribution in [0.1, 0.15) is 5.56 Å². The van der Waals surface area contributed by atoms with Gasteiger partial charge >= 0.3 is 6.18 Å². The number of aromatic amines is 1. The number of benzene rings is 1. The third-order valence-electron chi connectivity index (χ3n) is 2.73. The third kappa shape index (κ3) is 3.60. The standard InChI is InChI=1S/C13H12F3N3O2/c14-13(15,16)9-7-8(1-2-11(9)17-5-6-20)10-3-4-12(21)19-18-10/h1-4,7,17,20H,5-6H2,(H,19,21). The minimum Gasteiger partial charge on any atom is -0.395 e. The molecule has 0 atom stereocenters. The van der Waals surface area contributed by atoms with E-state index in [1.165, 1.54) is 24.3 Å². The number of anilines is 1. The second kappa shape index (κ2) is 5.96. The minimum atomic E-state index is -4.55. The normalized spacial score (nSPS) is 11.4. The highest BCUT2D eigenvalue weighted by Gasteiger charge is 2.33. The number of aromatic nitrogens is 2. The van der Waals surface area contributed by atoms with Gasteiger partial charge < -0.3 is 10.4 Å². The molecule has 5 nitrogen and oxygen atoms in total. The maximum atomic E-state index is 13.1. The van der Waals surface area contributed by atoms with Crippen LogP contribution in [0.4, 0.5) is 18.9 Å². The molecule has 1 aromatic carbocycles. The van der Waals surface area contributed by atoms with E-state index in [0.717, 1.165) is 6.07 Å². The molecule has 21 heavy (non-hydrogen) atoms. The van der Waals surface area contributed by atoms with Crippen LogP contribution in [-0.4, -0.2) is 28.5 Å². The van der Waals surface area contributed by atoms with Crippen molar-refractivity contribution >= 4 is 5.69 Å². The van der Waals surface area contributed by atoms with Crippen LogP contribution in [0, 0.1) is 0 Å². The first-order chi connectivity index (χ1) is 9.91. The van der Waals surface area contributed by atoms with E-state index in [1.807, 2.05) is 0 Å². The molecule has 8 heteroatoms. The smallest absolute Gasteiger partial charge is 0.395 e. The molecular formula is C13H12F3N3O2. The SMILES string of the molecule is O=c1ccc(-c2ccc(NCCO)c(C(F)(F)F)c2)n[nH]1. The lowest BCUT2D eigenvalue weighted by atomic mass is 10.1. The number of rotatable bonds is 4. The summed E-state index contributed by atoms with van der Waals surface area (Å²) in [7, 11) is 0. The summed E-state index contributed by atoms with van der Waals surface area (Å²) in [5.74, 6) is 0. The van der Waals surface area contributed by atoms with Crippen molar-refractivity contribution in [3.63, 3.8) is 0 Å². The highest BCUT2D eigenvalue weighted by Crippen LogP contribution is 2.37. The monoisotopic (exact) mass is 299 g/mol. The molecule has 0 bridgehead atoms. The van der Waals surface area contributed by atoms with Crippen molar-refractivity contribution in [1.29, 1.82) is 0 Å². The van der Waals surface area contributed by atoms with E-state index in [2.05, 4.69) is 15.5 Å². The Morgan fingerprint density at radius 2 is 2.00 bits per heavy atom. The Hall–Kier alpha value is -2.35. The van der Waals surface area contributed by atoms with Crippen LogP contribution in [0.5, 0.6) is 0 Å². The van der Waals surface area contributed by atoms with E-state index < -0.39 is 17.3 Å². The molecule has 1 aromatic heterocycles. The second-order valence-electron chi connectivity index (χ2n) is 4.21. The van der Waals surface area contributed by atoms with Crippen molar-refractivity contribution < 1.29 is 18.3 Å². The molecule has 0 fully saturated rings. The lowest BCUT2D eigenvalue weighted by Crippen LogP contribution is -2.13. The Labute approximate surface area is 117 Å². The predicted octanol–water partition coefficient (Wildman–Crippen LogP) is 1.86. The number of nitrogens with one attached hydrogen (secondary N) is 2. The molecule has 0 saturated heterocycles. The predicted molar refractivity (Wildman–Crippen MR) is 70.9 cm³/mol. The second-order valence-corrected chi connectivity index (χ2v) is 4.21. The Balaban J connectivity index is 2.46. The molecule has 0 unspecified atom stereocenters. The van der Waals surface area contributed by atoms with Gasteiger partial charge in [0.05, 0.1) is 17.9 Å². The summed E-state index contributed by atoms with van der Waals surface area (Å²) in [4.78, 5) is 10.9. The molecule has 0 saturated carbocycles. The summed E-state index contributed by atoms with van der Waals surface area (Å²) in [6.45, 7) is -0.264. The van der Waals surface area contributed by atoms with Crippen LogP contribution in [0.3, 0.4) is 0 Å². The molecule has 1 heterocycles. The van der Waals surface area contributed by atoms with E-state index in [1.54, 1.807) is 0 Å². The topological polar surface area (TPSA) is 78.0 Å². The zero-order chi connectivity index (χ0) is 15.5. The number of hydrogen-bond donors (Lipinski definition) is 3. The molecular weight excluding hydrogens is 287 g/mol. The van der Waals surface area contributed by atoms with Gasteiger partial charge in [-0.15, -0.1) is 0 Å². The van der Waals surface area contributed by atoms with Crippen molar-refractivity contribution in [3.05, 3.63) is 46.2 Å². The Bertz CT molecular complexity index is 663. The zero-order valence-corrected chi connectivity index (χ0v) is 10.7. The number of aliphatic hydroxyl groups is 1. The Kier molecular flexibility index (Phi) is 4.27. The number of halogens is 3. The molecule has 2 aromatic rings. The van der Waals surface area contributed by atoms with E-state index in [9.17, 15) is 18.0 Å². The lowest BCUT2D eigenvalue weighted by Gasteiger charge is -2.15. The van der Waals surface area contributed by atoms with Crippen molar-refractivity contribution in [2.45, 2.75) is 6.18 Å². The largest absolute Gasteiger partial charge is 0.418 e. The first-order valence-corrected chi connectivity index (χ1v) is 6.04. The van der Waals surface area contributed by atoms with Crippen LogP contribution in [0.2, 0.25) is 0 Å². The average Bonchev–Trinajstić information content (AvgIpc) is 2.45. The number of aliphatic hydroxyl groups excluding tert-OH is 1. The average molecular weight is 299 g/mol. The van der Waals surface area contributed by atoms with Gasteiger partial charge in [0, 0.05) is 23.9 Å². The molecule has 0 aliphatic rings. The van der Waals surface area contributed by atoms with Gasteiger partial charge in [0.25, 0.3) is 5.56 Å². The first kappa shape index (κ1) is 15.0. The molecule has 3 N–H and O–H groups in total. The van der Waals surface area contributed by atoms with Crippen molar-refractivity contribution in [1.82, 2.24) is 10.2 Å². The Morgan fingerprint density at radius 1 is 1.24 bits per heavy atom. The summed E-state index contributed by atoms with van der Waals surface area (Å²) in [6, 6.07) is 6.19. The van der Waals surface area contributed by atoms with Gasteiger partial charge in [-0.3, -0.25) is 4.79 Å². The van der Waals surface area contributed by atoms with E-state index in [-0.39, 0.29) is 30.1 Å². The lowest BCUT2D eigenvalue weighted by molar-refractivity contribution is -0.136. The van der Waals surface area contributed by atoms with Crippen molar-refractivity contribution in [2.24, 2.45) is 0 Å². The quantitative estimate of drug-likeness (QED) is 0.805. The zero-order valence-electron chi connectivity index (χ0n) is 10.7. The molecule has 0 aliphatic heterocycles. The van der Waals surface area contributed by atoms with Gasteiger partial charge in [0.2, 0.25) is 0 Å². The van der Waals surface area contributed by atoms with Crippen molar-refractivity contribution in [2.75, 3.05) is 18.5 Å². The Morgan fingerprint density at radius 3 is 2.57 bits per heavy atom. The highest BCUT2D eigenvalue weighted by molar-refractivity contribution is 5.66. The molecule has 0 amide bonds. The van der Waals surface area contributed by atoms with Crippen LogP contribution < -0.4 is 10.9 Å². The first-order valence-electron chi connectivity index (χ1n) is 6.04.